The molecule has 0 bridgehead atoms. The molecule has 3 heteroatoms. The van der Waals surface area contributed by atoms with Crippen molar-refractivity contribution in [3.05, 3.63) is 65.1 Å². The van der Waals surface area contributed by atoms with Gasteiger partial charge in [-0.15, -0.1) is 0 Å². The van der Waals surface area contributed by atoms with Crippen LogP contribution in [0.25, 0.3) is 5.65 Å². The number of aromatic nitrogens is 2. The van der Waals surface area contributed by atoms with Crippen LogP contribution in [-0.2, 0) is 11.0 Å². The summed E-state index contributed by atoms with van der Waals surface area (Å²) in [6.07, 6.45) is 2.18. The van der Waals surface area contributed by atoms with Gasteiger partial charge in [-0.25, -0.2) is 4.98 Å². The molecule has 2 aliphatic rings. The topological polar surface area (TPSA) is 20.5 Å². The standard InChI is InChI=1S/C24H29N3/c1-15-11-10-12-17-20(15)27-16(2)19-21(26-14-9-8-13-18(26)25-19)24(27,7)23(5,6)22(17,3)4/h8-14,16H,1-7H3. The van der Waals surface area contributed by atoms with E-state index in [1.807, 2.05) is 0 Å². The summed E-state index contributed by atoms with van der Waals surface area (Å²) in [6, 6.07) is 13.4. The third-order valence-electron chi connectivity index (χ3n) is 8.21. The molecule has 3 aromatic rings. The number of aryl methyl sites for hydroxylation is 1. The molecule has 27 heavy (non-hydrogen) atoms. The highest BCUT2D eigenvalue weighted by atomic mass is 15.3. The summed E-state index contributed by atoms with van der Waals surface area (Å²) in [6.45, 7) is 16.7. The lowest BCUT2D eigenvalue weighted by Gasteiger charge is -2.62. The number of rotatable bonds is 0. The second-order valence-corrected chi connectivity index (χ2v) is 9.61. The minimum absolute atomic E-state index is 0.00606. The molecule has 0 N–H and O–H groups in total. The maximum absolute atomic E-state index is 5.08. The molecule has 0 amide bonds. The first-order valence-corrected chi connectivity index (χ1v) is 10.0. The fraction of sp³-hybridized carbons (Fsp3) is 0.458. The Balaban J connectivity index is 1.95. The lowest BCUT2D eigenvalue weighted by Crippen LogP contribution is -2.62. The molecule has 4 heterocycles. The zero-order valence-electron chi connectivity index (χ0n) is 17.5. The van der Waals surface area contributed by atoms with Gasteiger partial charge < -0.3 is 9.30 Å². The van der Waals surface area contributed by atoms with Crippen molar-refractivity contribution in [2.24, 2.45) is 5.41 Å². The molecule has 2 aliphatic heterocycles. The first-order valence-electron chi connectivity index (χ1n) is 10.0. The third-order valence-corrected chi connectivity index (χ3v) is 8.21. The second-order valence-electron chi connectivity index (χ2n) is 9.61. The highest BCUT2D eigenvalue weighted by Crippen LogP contribution is 2.67. The molecule has 0 saturated heterocycles. The maximum Gasteiger partial charge on any atom is 0.137 e. The number of anilines is 1. The van der Waals surface area contributed by atoms with Gasteiger partial charge in [0.15, 0.2) is 0 Å². The normalized spacial score (nSPS) is 27.4. The number of benzene rings is 1. The molecule has 0 spiro atoms. The van der Waals surface area contributed by atoms with E-state index in [0.717, 1.165) is 5.65 Å². The van der Waals surface area contributed by atoms with Crippen LogP contribution in [0.3, 0.4) is 0 Å². The summed E-state index contributed by atoms with van der Waals surface area (Å²) in [4.78, 5) is 7.75. The van der Waals surface area contributed by atoms with Gasteiger partial charge in [0.1, 0.15) is 5.65 Å². The van der Waals surface area contributed by atoms with E-state index in [1.165, 1.54) is 28.2 Å². The monoisotopic (exact) mass is 359 g/mol. The number of pyridine rings is 1. The predicted octanol–water partition coefficient (Wildman–Crippen LogP) is 5.76. The van der Waals surface area contributed by atoms with Crippen LogP contribution in [0.4, 0.5) is 5.69 Å². The average molecular weight is 360 g/mol. The van der Waals surface area contributed by atoms with Crippen molar-refractivity contribution in [3.8, 4) is 0 Å². The summed E-state index contributed by atoms with van der Waals surface area (Å²) in [5.41, 5.74) is 7.74. The Morgan fingerprint density at radius 2 is 1.70 bits per heavy atom. The molecule has 2 unspecified atom stereocenters. The highest BCUT2D eigenvalue weighted by Gasteiger charge is 2.65. The van der Waals surface area contributed by atoms with Crippen molar-refractivity contribution in [1.82, 2.24) is 9.38 Å². The lowest BCUT2D eigenvalue weighted by molar-refractivity contribution is 0.0619. The van der Waals surface area contributed by atoms with Crippen LogP contribution >= 0.6 is 0 Å². The molecule has 0 saturated carbocycles. The molecule has 2 aromatic heterocycles. The molecule has 5 rings (SSSR count). The maximum atomic E-state index is 5.08. The van der Waals surface area contributed by atoms with Crippen molar-refractivity contribution in [3.63, 3.8) is 0 Å². The minimum Gasteiger partial charge on any atom is -0.351 e. The van der Waals surface area contributed by atoms with E-state index in [-0.39, 0.29) is 22.4 Å². The Morgan fingerprint density at radius 1 is 0.963 bits per heavy atom. The van der Waals surface area contributed by atoms with Gasteiger partial charge in [-0.3, -0.25) is 0 Å². The zero-order chi connectivity index (χ0) is 19.4. The number of hydrogen-bond acceptors (Lipinski definition) is 2. The van der Waals surface area contributed by atoms with Crippen LogP contribution in [-0.4, -0.2) is 9.38 Å². The molecule has 1 aromatic carbocycles. The molecule has 0 radical (unpaired) electrons. The summed E-state index contributed by atoms with van der Waals surface area (Å²) < 4.78 is 2.33. The summed E-state index contributed by atoms with van der Waals surface area (Å²) >= 11 is 0. The fourth-order valence-corrected chi connectivity index (χ4v) is 5.86. The Bertz CT molecular complexity index is 1090. The van der Waals surface area contributed by atoms with Crippen molar-refractivity contribution in [2.75, 3.05) is 4.90 Å². The van der Waals surface area contributed by atoms with Crippen LogP contribution in [0.2, 0.25) is 0 Å². The average Bonchev–Trinajstić information content (AvgIpc) is 3.10. The molecule has 0 aliphatic carbocycles. The number of fused-ring (bicyclic) bond motifs is 7. The van der Waals surface area contributed by atoms with Gasteiger partial charge in [0.25, 0.3) is 0 Å². The quantitative estimate of drug-likeness (QED) is 0.509. The van der Waals surface area contributed by atoms with Crippen LogP contribution in [0.15, 0.2) is 42.6 Å². The van der Waals surface area contributed by atoms with Gasteiger partial charge in [-0.1, -0.05) is 52.0 Å². The fourth-order valence-electron chi connectivity index (χ4n) is 5.86. The smallest absolute Gasteiger partial charge is 0.137 e. The zero-order valence-corrected chi connectivity index (χ0v) is 17.5. The Morgan fingerprint density at radius 3 is 2.44 bits per heavy atom. The van der Waals surface area contributed by atoms with Crippen molar-refractivity contribution < 1.29 is 0 Å². The first-order chi connectivity index (χ1) is 12.6. The Hall–Kier alpha value is -2.29. The van der Waals surface area contributed by atoms with Crippen LogP contribution in [0.1, 0.15) is 70.1 Å². The number of nitrogens with zero attached hydrogens (tertiary/aromatic N) is 3. The van der Waals surface area contributed by atoms with E-state index < -0.39 is 0 Å². The van der Waals surface area contributed by atoms with E-state index in [4.69, 9.17) is 4.98 Å². The first kappa shape index (κ1) is 16.9. The van der Waals surface area contributed by atoms with Crippen molar-refractivity contribution >= 4 is 11.3 Å². The molecule has 0 fully saturated rings. The number of hydrogen-bond donors (Lipinski definition) is 0. The summed E-state index contributed by atoms with van der Waals surface area (Å²) in [7, 11) is 0. The van der Waals surface area contributed by atoms with Crippen LogP contribution in [0, 0.1) is 12.3 Å². The number of para-hydroxylation sites is 1. The van der Waals surface area contributed by atoms with Gasteiger partial charge in [-0.05, 0) is 49.4 Å². The van der Waals surface area contributed by atoms with E-state index in [0.29, 0.717) is 0 Å². The van der Waals surface area contributed by atoms with E-state index in [9.17, 15) is 0 Å². The lowest BCUT2D eigenvalue weighted by atomic mass is 9.52. The van der Waals surface area contributed by atoms with E-state index >= 15 is 0 Å². The van der Waals surface area contributed by atoms with E-state index in [2.05, 4.69) is 100 Å². The van der Waals surface area contributed by atoms with E-state index in [1.54, 1.807) is 0 Å². The molecule has 2 atom stereocenters. The molecular weight excluding hydrogens is 330 g/mol. The van der Waals surface area contributed by atoms with Gasteiger partial charge in [0, 0.05) is 17.3 Å². The SMILES string of the molecule is Cc1cccc2c1N1C(C)c3nc4ccccn4c3C1(C)C(C)(C)C2(C)C. The minimum atomic E-state index is -0.148. The summed E-state index contributed by atoms with van der Waals surface area (Å²) in [5, 5.41) is 0. The Kier molecular flexibility index (Phi) is 2.97. The Labute approximate surface area is 162 Å². The molecular formula is C24H29N3. The predicted molar refractivity (Wildman–Crippen MR) is 111 cm³/mol. The van der Waals surface area contributed by atoms with Crippen LogP contribution in [0.5, 0.6) is 0 Å². The van der Waals surface area contributed by atoms with Gasteiger partial charge in [-0.2, -0.15) is 0 Å². The highest BCUT2D eigenvalue weighted by molar-refractivity contribution is 5.72. The number of imidazole rings is 1. The third kappa shape index (κ3) is 1.63. The van der Waals surface area contributed by atoms with Gasteiger partial charge in [0.05, 0.1) is 23.0 Å². The van der Waals surface area contributed by atoms with Crippen molar-refractivity contribution in [2.45, 2.75) is 65.5 Å². The van der Waals surface area contributed by atoms with Crippen LogP contribution < -0.4 is 4.90 Å². The van der Waals surface area contributed by atoms with Gasteiger partial charge in [0.2, 0.25) is 0 Å². The largest absolute Gasteiger partial charge is 0.351 e. The molecule has 3 nitrogen and oxygen atoms in total. The molecule has 140 valence electrons. The summed E-state index contributed by atoms with van der Waals surface area (Å²) in [5.74, 6) is 0. The van der Waals surface area contributed by atoms with Crippen molar-refractivity contribution in [1.29, 1.82) is 0 Å². The second kappa shape index (κ2) is 4.76. The van der Waals surface area contributed by atoms with Gasteiger partial charge >= 0.3 is 0 Å².